The molecule has 0 aliphatic carbocycles. The van der Waals surface area contributed by atoms with Crippen molar-refractivity contribution in [1.82, 2.24) is 0 Å². The first kappa shape index (κ1) is 10.5. The highest BCUT2D eigenvalue weighted by atomic mass is 19.1. The van der Waals surface area contributed by atoms with Crippen molar-refractivity contribution >= 4 is 5.97 Å². The van der Waals surface area contributed by atoms with Crippen LogP contribution in [0.2, 0.25) is 0 Å². The maximum absolute atomic E-state index is 13.4. The van der Waals surface area contributed by atoms with Gasteiger partial charge in [0.15, 0.2) is 0 Å². The quantitative estimate of drug-likeness (QED) is 0.808. The fourth-order valence-corrected chi connectivity index (χ4v) is 1.19. The van der Waals surface area contributed by atoms with Gasteiger partial charge >= 0.3 is 5.97 Å². The lowest BCUT2D eigenvalue weighted by Gasteiger charge is -2.07. The monoisotopic (exact) mass is 198 g/mol. The summed E-state index contributed by atoms with van der Waals surface area (Å²) >= 11 is 0. The third kappa shape index (κ3) is 1.84. The Bertz CT molecular complexity index is 361. The predicted octanol–water partition coefficient (Wildman–Crippen LogP) is 2.09. The van der Waals surface area contributed by atoms with E-state index in [1.165, 1.54) is 19.2 Å². The minimum Gasteiger partial charge on any atom is -0.497 e. The highest BCUT2D eigenvalue weighted by Gasteiger charge is 2.15. The van der Waals surface area contributed by atoms with Crippen LogP contribution in [-0.2, 0) is 6.42 Å². The second kappa shape index (κ2) is 4.09. The first-order valence-electron chi connectivity index (χ1n) is 4.19. The molecule has 0 fully saturated rings. The molecular formula is C10H11FO3. The normalized spacial score (nSPS) is 9.93. The van der Waals surface area contributed by atoms with Crippen molar-refractivity contribution in [2.75, 3.05) is 7.11 Å². The van der Waals surface area contributed by atoms with Gasteiger partial charge in [0.2, 0.25) is 0 Å². The zero-order valence-electron chi connectivity index (χ0n) is 8.00. The third-order valence-corrected chi connectivity index (χ3v) is 1.97. The highest BCUT2D eigenvalue weighted by Crippen LogP contribution is 2.21. The summed E-state index contributed by atoms with van der Waals surface area (Å²) in [5.74, 6) is -1.60. The van der Waals surface area contributed by atoms with Crippen LogP contribution >= 0.6 is 0 Å². The number of methoxy groups -OCH3 is 1. The number of halogens is 1. The fraction of sp³-hybridized carbons (Fsp3) is 0.300. The molecule has 0 aliphatic heterocycles. The molecule has 0 radical (unpaired) electrons. The molecule has 0 heterocycles. The van der Waals surface area contributed by atoms with Gasteiger partial charge < -0.3 is 9.84 Å². The number of aryl methyl sites for hydroxylation is 1. The Morgan fingerprint density at radius 1 is 1.57 bits per heavy atom. The van der Waals surface area contributed by atoms with Gasteiger partial charge in [-0.25, -0.2) is 9.18 Å². The van der Waals surface area contributed by atoms with Crippen molar-refractivity contribution in [2.45, 2.75) is 13.3 Å². The summed E-state index contributed by atoms with van der Waals surface area (Å²) in [4.78, 5) is 10.7. The summed E-state index contributed by atoms with van der Waals surface area (Å²) in [6, 6.07) is 2.68. The van der Waals surface area contributed by atoms with Crippen LogP contribution in [0, 0.1) is 5.82 Å². The minimum absolute atomic E-state index is 0.346. The Balaban J connectivity index is 3.34. The van der Waals surface area contributed by atoms with Gasteiger partial charge in [-0.2, -0.15) is 0 Å². The number of carboxylic acid groups (broad SMARTS) is 1. The van der Waals surface area contributed by atoms with Crippen LogP contribution in [0.5, 0.6) is 5.75 Å². The van der Waals surface area contributed by atoms with E-state index in [2.05, 4.69) is 0 Å². The number of carbonyl (C=O) groups is 1. The number of hydrogen-bond acceptors (Lipinski definition) is 2. The van der Waals surface area contributed by atoms with E-state index >= 15 is 0 Å². The molecule has 1 rings (SSSR count). The van der Waals surface area contributed by atoms with Gasteiger partial charge in [-0.1, -0.05) is 6.92 Å². The molecule has 1 N–H and O–H groups in total. The molecule has 0 unspecified atom stereocenters. The van der Waals surface area contributed by atoms with E-state index in [9.17, 15) is 9.18 Å². The van der Waals surface area contributed by atoms with Gasteiger partial charge in [-0.3, -0.25) is 0 Å². The molecular weight excluding hydrogens is 187 g/mol. The molecule has 0 aliphatic rings. The second-order valence-corrected chi connectivity index (χ2v) is 2.81. The van der Waals surface area contributed by atoms with E-state index in [1.54, 1.807) is 6.92 Å². The molecule has 0 saturated heterocycles. The van der Waals surface area contributed by atoms with Gasteiger partial charge in [-0.15, -0.1) is 0 Å². The highest BCUT2D eigenvalue weighted by molar-refractivity contribution is 5.88. The smallest absolute Gasteiger partial charge is 0.338 e. The van der Waals surface area contributed by atoms with Crippen LogP contribution in [0.15, 0.2) is 12.1 Å². The molecule has 1 aromatic rings. The Hall–Kier alpha value is -1.58. The summed E-state index contributed by atoms with van der Waals surface area (Å²) in [6.07, 6.45) is 0.434. The largest absolute Gasteiger partial charge is 0.497 e. The number of benzene rings is 1. The average molecular weight is 198 g/mol. The van der Waals surface area contributed by atoms with Crippen molar-refractivity contribution in [2.24, 2.45) is 0 Å². The molecule has 14 heavy (non-hydrogen) atoms. The lowest BCUT2D eigenvalue weighted by atomic mass is 10.1. The summed E-state index contributed by atoms with van der Waals surface area (Å²) in [5.41, 5.74) is 0.00273. The maximum atomic E-state index is 13.4. The van der Waals surface area contributed by atoms with Crippen molar-refractivity contribution < 1.29 is 19.0 Å². The fourth-order valence-electron chi connectivity index (χ4n) is 1.19. The summed E-state index contributed by atoms with van der Waals surface area (Å²) in [7, 11) is 1.41. The van der Waals surface area contributed by atoms with E-state index in [4.69, 9.17) is 9.84 Å². The average Bonchev–Trinajstić information content (AvgIpc) is 2.17. The Morgan fingerprint density at radius 3 is 2.64 bits per heavy atom. The van der Waals surface area contributed by atoms with Crippen molar-refractivity contribution in [3.8, 4) is 5.75 Å². The van der Waals surface area contributed by atoms with Crippen molar-refractivity contribution in [1.29, 1.82) is 0 Å². The molecule has 0 bridgehead atoms. The van der Waals surface area contributed by atoms with Crippen LogP contribution in [-0.4, -0.2) is 18.2 Å². The first-order chi connectivity index (χ1) is 6.60. The van der Waals surface area contributed by atoms with Gasteiger partial charge in [0, 0.05) is 0 Å². The SMILES string of the molecule is CCc1cc(OC)cc(C(=O)O)c1F. The summed E-state index contributed by atoms with van der Waals surface area (Å²) in [6.45, 7) is 1.75. The van der Waals surface area contributed by atoms with Gasteiger partial charge in [0.05, 0.1) is 12.7 Å². The van der Waals surface area contributed by atoms with E-state index in [0.29, 0.717) is 17.7 Å². The molecule has 0 saturated carbocycles. The molecule has 0 spiro atoms. The van der Waals surface area contributed by atoms with E-state index < -0.39 is 11.8 Å². The van der Waals surface area contributed by atoms with Gasteiger partial charge in [-0.05, 0) is 24.1 Å². The third-order valence-electron chi connectivity index (χ3n) is 1.97. The lowest BCUT2D eigenvalue weighted by Crippen LogP contribution is -2.04. The van der Waals surface area contributed by atoms with Crippen LogP contribution in [0.3, 0.4) is 0 Å². The standard InChI is InChI=1S/C10H11FO3/c1-3-6-4-7(14-2)5-8(9(6)11)10(12)13/h4-5H,3H2,1-2H3,(H,12,13). The summed E-state index contributed by atoms with van der Waals surface area (Å²) in [5, 5.41) is 8.71. The van der Waals surface area contributed by atoms with E-state index in [1.807, 2.05) is 0 Å². The number of carboxylic acids is 1. The Morgan fingerprint density at radius 2 is 2.21 bits per heavy atom. The zero-order valence-corrected chi connectivity index (χ0v) is 8.00. The van der Waals surface area contributed by atoms with Crippen LogP contribution in [0.4, 0.5) is 4.39 Å². The zero-order chi connectivity index (χ0) is 10.7. The Kier molecular flexibility index (Phi) is 3.06. The lowest BCUT2D eigenvalue weighted by molar-refractivity contribution is 0.0691. The topological polar surface area (TPSA) is 46.5 Å². The van der Waals surface area contributed by atoms with Gasteiger partial charge in [0.1, 0.15) is 11.6 Å². The van der Waals surface area contributed by atoms with Crippen LogP contribution in [0.25, 0.3) is 0 Å². The van der Waals surface area contributed by atoms with Crippen molar-refractivity contribution in [3.63, 3.8) is 0 Å². The summed E-state index contributed by atoms with van der Waals surface area (Å²) < 4.78 is 18.3. The number of rotatable bonds is 3. The molecule has 0 aromatic heterocycles. The molecule has 3 nitrogen and oxygen atoms in total. The molecule has 76 valence electrons. The predicted molar refractivity (Wildman–Crippen MR) is 49.3 cm³/mol. The second-order valence-electron chi connectivity index (χ2n) is 2.81. The molecule has 0 amide bonds. The number of aromatic carboxylic acids is 1. The minimum atomic E-state index is -1.28. The Labute approximate surface area is 81.1 Å². The molecule has 1 aromatic carbocycles. The van der Waals surface area contributed by atoms with E-state index in [-0.39, 0.29) is 5.56 Å². The number of ether oxygens (including phenoxy) is 1. The van der Waals surface area contributed by atoms with Crippen LogP contribution in [0.1, 0.15) is 22.8 Å². The van der Waals surface area contributed by atoms with Crippen LogP contribution < -0.4 is 4.74 Å². The van der Waals surface area contributed by atoms with Gasteiger partial charge in [0.25, 0.3) is 0 Å². The maximum Gasteiger partial charge on any atom is 0.338 e. The molecule has 0 atom stereocenters. The number of hydrogen-bond donors (Lipinski definition) is 1. The van der Waals surface area contributed by atoms with Crippen molar-refractivity contribution in [3.05, 3.63) is 29.1 Å². The molecule has 4 heteroatoms. The first-order valence-corrected chi connectivity index (χ1v) is 4.19. The van der Waals surface area contributed by atoms with E-state index in [0.717, 1.165) is 0 Å².